The molecule has 3 N–H and O–H groups in total. The second-order valence-electron chi connectivity index (χ2n) is 5.40. The summed E-state index contributed by atoms with van der Waals surface area (Å²) in [5.41, 5.74) is 4.84. The number of thiocarbonyl (C=S) groups is 1. The molecule has 2 rings (SSSR count). The zero-order valence-electron chi connectivity index (χ0n) is 15.0. The standard InChI is InChI=1S/C18H15ClN4O5S/c1-28-15-5-3-2-4-11(15)7-9-16(24)20-18(29)22-21-17(25)12-6-8-13(19)14(10-12)23(26)27/h2-10H,1H3,(H,21,25)(H2,20,22,24,29)/b9-7+. The summed E-state index contributed by atoms with van der Waals surface area (Å²) >= 11 is 10.6. The molecule has 0 unspecified atom stereocenters. The molecule has 9 nitrogen and oxygen atoms in total. The van der Waals surface area contributed by atoms with Crippen LogP contribution in [0.4, 0.5) is 5.69 Å². The average molecular weight is 435 g/mol. The lowest BCUT2D eigenvalue weighted by atomic mass is 10.2. The first-order chi connectivity index (χ1) is 13.8. The van der Waals surface area contributed by atoms with Gasteiger partial charge in [-0.25, -0.2) is 0 Å². The normalized spacial score (nSPS) is 10.3. The van der Waals surface area contributed by atoms with Gasteiger partial charge in [0.05, 0.1) is 12.0 Å². The summed E-state index contributed by atoms with van der Waals surface area (Å²) in [5, 5.41) is 13.0. The highest BCUT2D eigenvalue weighted by atomic mass is 35.5. The van der Waals surface area contributed by atoms with Crippen LogP contribution in [-0.2, 0) is 4.79 Å². The Morgan fingerprint density at radius 3 is 2.62 bits per heavy atom. The lowest BCUT2D eigenvalue weighted by Crippen LogP contribution is -2.48. The molecule has 0 bridgehead atoms. The van der Waals surface area contributed by atoms with Crippen molar-refractivity contribution in [3.63, 3.8) is 0 Å². The van der Waals surface area contributed by atoms with E-state index < -0.39 is 22.4 Å². The van der Waals surface area contributed by atoms with Crippen molar-refractivity contribution in [2.75, 3.05) is 7.11 Å². The summed E-state index contributed by atoms with van der Waals surface area (Å²) in [4.78, 5) is 34.2. The highest BCUT2D eigenvalue weighted by Crippen LogP contribution is 2.24. The third-order valence-corrected chi connectivity index (χ3v) is 4.01. The minimum Gasteiger partial charge on any atom is -0.496 e. The van der Waals surface area contributed by atoms with Crippen LogP contribution in [0.3, 0.4) is 0 Å². The van der Waals surface area contributed by atoms with E-state index in [9.17, 15) is 19.7 Å². The Labute approximate surface area is 175 Å². The van der Waals surface area contributed by atoms with E-state index >= 15 is 0 Å². The van der Waals surface area contributed by atoms with Crippen molar-refractivity contribution < 1.29 is 19.2 Å². The van der Waals surface area contributed by atoms with Crippen LogP contribution < -0.4 is 20.9 Å². The van der Waals surface area contributed by atoms with Crippen LogP contribution in [0.5, 0.6) is 5.75 Å². The lowest BCUT2D eigenvalue weighted by Gasteiger charge is -2.10. The number of nitrogens with one attached hydrogen (secondary N) is 3. The number of nitrogens with zero attached hydrogens (tertiary/aromatic N) is 1. The zero-order valence-corrected chi connectivity index (χ0v) is 16.5. The van der Waals surface area contributed by atoms with Gasteiger partial charge in [-0.3, -0.25) is 35.9 Å². The summed E-state index contributed by atoms with van der Waals surface area (Å²) in [7, 11) is 1.52. The molecule has 0 radical (unpaired) electrons. The van der Waals surface area contributed by atoms with Crippen LogP contribution >= 0.6 is 23.8 Å². The first-order valence-electron chi connectivity index (χ1n) is 7.98. The summed E-state index contributed by atoms with van der Waals surface area (Å²) < 4.78 is 5.18. The van der Waals surface area contributed by atoms with Crippen LogP contribution in [0, 0.1) is 10.1 Å². The molecule has 0 atom stereocenters. The molecule has 0 aromatic heterocycles. The van der Waals surface area contributed by atoms with Gasteiger partial charge in [0.2, 0.25) is 5.91 Å². The number of methoxy groups -OCH3 is 1. The summed E-state index contributed by atoms with van der Waals surface area (Å²) in [6.45, 7) is 0. The smallest absolute Gasteiger partial charge is 0.288 e. The Morgan fingerprint density at radius 2 is 1.93 bits per heavy atom. The van der Waals surface area contributed by atoms with Gasteiger partial charge in [0.15, 0.2) is 5.11 Å². The van der Waals surface area contributed by atoms with Crippen molar-refractivity contribution in [2.45, 2.75) is 0 Å². The second kappa shape index (κ2) is 10.2. The fourth-order valence-electron chi connectivity index (χ4n) is 2.13. The van der Waals surface area contributed by atoms with Gasteiger partial charge in [0.25, 0.3) is 11.6 Å². The molecule has 0 aliphatic heterocycles. The first kappa shape index (κ1) is 21.8. The number of rotatable bonds is 5. The third kappa shape index (κ3) is 6.26. The van der Waals surface area contributed by atoms with E-state index in [0.717, 1.165) is 6.07 Å². The minimum absolute atomic E-state index is 0.0150. The van der Waals surface area contributed by atoms with Crippen LogP contribution in [-0.4, -0.2) is 29.0 Å². The summed E-state index contributed by atoms with van der Waals surface area (Å²) in [5.74, 6) is -0.641. The maximum atomic E-state index is 12.1. The maximum Gasteiger partial charge on any atom is 0.288 e. The summed E-state index contributed by atoms with van der Waals surface area (Å²) in [6, 6.07) is 10.7. The Balaban J connectivity index is 1.90. The number of hydrazine groups is 1. The highest BCUT2D eigenvalue weighted by molar-refractivity contribution is 7.80. The lowest BCUT2D eigenvalue weighted by molar-refractivity contribution is -0.384. The van der Waals surface area contributed by atoms with Crippen molar-refractivity contribution in [1.82, 2.24) is 16.2 Å². The van der Waals surface area contributed by atoms with E-state index in [4.69, 9.17) is 28.6 Å². The summed E-state index contributed by atoms with van der Waals surface area (Å²) in [6.07, 6.45) is 2.79. The number of nitro benzene ring substituents is 1. The Hall–Kier alpha value is -3.50. The van der Waals surface area contributed by atoms with Crippen LogP contribution in [0.15, 0.2) is 48.5 Å². The molecule has 11 heteroatoms. The van der Waals surface area contributed by atoms with E-state index in [-0.39, 0.29) is 15.7 Å². The van der Waals surface area contributed by atoms with E-state index in [1.165, 1.54) is 25.3 Å². The molecule has 0 spiro atoms. The van der Waals surface area contributed by atoms with Gasteiger partial charge in [-0.15, -0.1) is 0 Å². The fraction of sp³-hybridized carbons (Fsp3) is 0.0556. The van der Waals surface area contributed by atoms with E-state index in [2.05, 4.69) is 16.2 Å². The maximum absolute atomic E-state index is 12.1. The average Bonchev–Trinajstić information content (AvgIpc) is 2.70. The zero-order chi connectivity index (χ0) is 21.4. The van der Waals surface area contributed by atoms with Crippen molar-refractivity contribution in [3.8, 4) is 5.75 Å². The topological polar surface area (TPSA) is 123 Å². The highest BCUT2D eigenvalue weighted by Gasteiger charge is 2.16. The first-order valence-corrected chi connectivity index (χ1v) is 8.76. The van der Waals surface area contributed by atoms with Crippen LogP contribution in [0.25, 0.3) is 6.08 Å². The number of amides is 2. The predicted molar refractivity (Wildman–Crippen MR) is 111 cm³/mol. The van der Waals surface area contributed by atoms with Gasteiger partial charge in [-0.1, -0.05) is 29.8 Å². The van der Waals surface area contributed by atoms with Gasteiger partial charge in [-0.05, 0) is 36.5 Å². The molecular weight excluding hydrogens is 420 g/mol. The third-order valence-electron chi connectivity index (χ3n) is 3.48. The molecule has 0 aliphatic rings. The van der Waals surface area contributed by atoms with E-state index in [1.54, 1.807) is 30.3 Å². The van der Waals surface area contributed by atoms with Crippen molar-refractivity contribution >= 4 is 52.5 Å². The molecule has 29 heavy (non-hydrogen) atoms. The van der Waals surface area contributed by atoms with E-state index in [1.807, 2.05) is 0 Å². The number of hydrogen-bond acceptors (Lipinski definition) is 6. The number of nitro groups is 1. The largest absolute Gasteiger partial charge is 0.496 e. The van der Waals surface area contributed by atoms with Crippen LogP contribution in [0.1, 0.15) is 15.9 Å². The molecule has 2 aromatic rings. The quantitative estimate of drug-likeness (QED) is 0.286. The van der Waals surface area contributed by atoms with Crippen LogP contribution in [0.2, 0.25) is 5.02 Å². The van der Waals surface area contributed by atoms with Gasteiger partial charge >= 0.3 is 0 Å². The SMILES string of the molecule is COc1ccccc1/C=C/C(=O)NC(=S)NNC(=O)c1ccc(Cl)c([N+](=O)[O-])c1. The monoisotopic (exact) mass is 434 g/mol. The molecule has 150 valence electrons. The number of benzene rings is 2. The van der Waals surface area contributed by atoms with E-state index in [0.29, 0.717) is 11.3 Å². The molecule has 0 heterocycles. The molecule has 0 fully saturated rings. The molecule has 2 amide bonds. The van der Waals surface area contributed by atoms with Crippen molar-refractivity contribution in [2.24, 2.45) is 0 Å². The Bertz CT molecular complexity index is 996. The number of para-hydroxylation sites is 1. The molecule has 0 aliphatic carbocycles. The van der Waals surface area contributed by atoms with Gasteiger partial charge < -0.3 is 4.74 Å². The molecule has 0 saturated carbocycles. The predicted octanol–water partition coefficient (Wildman–Crippen LogP) is 2.61. The van der Waals surface area contributed by atoms with Gasteiger partial charge in [-0.2, -0.15) is 0 Å². The number of hydrogen-bond donors (Lipinski definition) is 3. The molecule has 0 saturated heterocycles. The number of carbonyl (C=O) groups excluding carboxylic acids is 2. The van der Waals surface area contributed by atoms with Crippen molar-refractivity contribution in [3.05, 3.63) is 74.8 Å². The van der Waals surface area contributed by atoms with Crippen molar-refractivity contribution in [1.29, 1.82) is 0 Å². The molecular formula is C18H15ClN4O5S. The Morgan fingerprint density at radius 1 is 1.21 bits per heavy atom. The number of halogens is 1. The second-order valence-corrected chi connectivity index (χ2v) is 6.21. The fourth-order valence-corrected chi connectivity index (χ4v) is 2.47. The minimum atomic E-state index is -0.703. The number of carbonyl (C=O) groups is 2. The number of ether oxygens (including phenoxy) is 1. The van der Waals surface area contributed by atoms with Gasteiger partial charge in [0.1, 0.15) is 10.8 Å². The Kier molecular flexibility index (Phi) is 7.63. The van der Waals surface area contributed by atoms with Gasteiger partial charge in [0, 0.05) is 23.3 Å². The molecule has 2 aromatic carbocycles.